The van der Waals surface area contributed by atoms with Crippen molar-refractivity contribution in [1.29, 1.82) is 0 Å². The van der Waals surface area contributed by atoms with Crippen LogP contribution in [0.4, 0.5) is 4.39 Å². The van der Waals surface area contributed by atoms with E-state index in [1.165, 1.54) is 0 Å². The number of hydrogen-bond acceptors (Lipinski definition) is 2. The second kappa shape index (κ2) is 4.51. The van der Waals surface area contributed by atoms with Gasteiger partial charge in [0.25, 0.3) is 0 Å². The maximum absolute atomic E-state index is 12.7. The van der Waals surface area contributed by atoms with Crippen LogP contribution in [0.1, 0.15) is 12.8 Å². The summed E-state index contributed by atoms with van der Waals surface area (Å²) in [6.45, 7) is 0. The molecule has 1 aliphatic rings. The summed E-state index contributed by atoms with van der Waals surface area (Å²) in [5.41, 5.74) is 0.286. The Hall–Kier alpha value is -0.260. The molecule has 14 heavy (non-hydrogen) atoms. The minimum absolute atomic E-state index is 0.0717. The van der Waals surface area contributed by atoms with Crippen molar-refractivity contribution in [2.75, 3.05) is 5.21 Å². The fraction of sp³-hybridized carbons (Fsp3) is 0.429. The van der Waals surface area contributed by atoms with Gasteiger partial charge in [-0.05, 0) is 12.5 Å². The minimum atomic E-state index is -3.55. The zero-order valence-corrected chi connectivity index (χ0v) is 9.39. The smallest absolute Gasteiger partial charge is 0.246 e. The molecule has 0 heterocycles. The van der Waals surface area contributed by atoms with E-state index >= 15 is 0 Å². The Bertz CT molecular complexity index is 388. The van der Waals surface area contributed by atoms with Gasteiger partial charge in [0.05, 0.1) is 5.03 Å². The summed E-state index contributed by atoms with van der Waals surface area (Å²) in [5.74, 6) is -0.358. The van der Waals surface area contributed by atoms with Crippen LogP contribution in [0, 0.1) is 0 Å². The molecule has 1 rings (SSSR count). The normalized spacial score (nSPS) is 18.1. The standard InChI is InChI=1S/C7H8Cl2FNO2S/c8-4-14(12,13)11-7-2-1-5(10)3-6(7)9/h3,11H,1-2,4H2. The average Bonchev–Trinajstić information content (AvgIpc) is 2.10. The molecule has 0 atom stereocenters. The van der Waals surface area contributed by atoms with Gasteiger partial charge in [0.2, 0.25) is 10.0 Å². The van der Waals surface area contributed by atoms with E-state index in [0.717, 1.165) is 6.08 Å². The van der Waals surface area contributed by atoms with E-state index in [1.807, 2.05) is 0 Å². The zero-order chi connectivity index (χ0) is 10.8. The molecule has 0 aromatic carbocycles. The third kappa shape index (κ3) is 3.15. The van der Waals surface area contributed by atoms with E-state index < -0.39 is 15.2 Å². The van der Waals surface area contributed by atoms with Crippen LogP contribution < -0.4 is 4.72 Å². The summed E-state index contributed by atoms with van der Waals surface area (Å²) in [5, 5.41) is -0.477. The van der Waals surface area contributed by atoms with Gasteiger partial charge in [-0.2, -0.15) is 0 Å². The molecule has 0 spiro atoms. The van der Waals surface area contributed by atoms with Crippen LogP contribution in [-0.4, -0.2) is 13.6 Å². The van der Waals surface area contributed by atoms with Crippen LogP contribution in [0.25, 0.3) is 0 Å². The number of rotatable bonds is 3. The zero-order valence-electron chi connectivity index (χ0n) is 7.06. The van der Waals surface area contributed by atoms with E-state index in [2.05, 4.69) is 4.72 Å². The summed E-state index contributed by atoms with van der Waals surface area (Å²) >= 11 is 10.8. The molecule has 0 unspecified atom stereocenters. The highest BCUT2D eigenvalue weighted by Crippen LogP contribution is 2.25. The molecular weight excluding hydrogens is 252 g/mol. The average molecular weight is 260 g/mol. The first-order valence-electron chi connectivity index (χ1n) is 3.76. The maximum Gasteiger partial charge on any atom is 0.246 e. The van der Waals surface area contributed by atoms with Gasteiger partial charge >= 0.3 is 0 Å². The third-order valence-corrected chi connectivity index (χ3v) is 3.65. The molecule has 0 amide bonds. The lowest BCUT2D eigenvalue weighted by Gasteiger charge is -2.14. The number of hydrogen-bond donors (Lipinski definition) is 1. The Morgan fingerprint density at radius 3 is 2.64 bits per heavy atom. The summed E-state index contributed by atoms with van der Waals surface area (Å²) in [7, 11) is -3.55. The Morgan fingerprint density at radius 2 is 2.14 bits per heavy atom. The first kappa shape index (κ1) is 11.8. The topological polar surface area (TPSA) is 46.2 Å². The molecule has 0 bridgehead atoms. The first-order chi connectivity index (χ1) is 6.44. The van der Waals surface area contributed by atoms with Crippen molar-refractivity contribution >= 4 is 33.2 Å². The number of halogens is 3. The molecule has 7 heteroatoms. The van der Waals surface area contributed by atoms with E-state index in [0.29, 0.717) is 0 Å². The van der Waals surface area contributed by atoms with Gasteiger partial charge in [-0.25, -0.2) is 12.8 Å². The van der Waals surface area contributed by atoms with Crippen LogP contribution in [0.5, 0.6) is 0 Å². The number of nitrogens with one attached hydrogen (secondary N) is 1. The summed E-state index contributed by atoms with van der Waals surface area (Å²) in [4.78, 5) is 0. The molecule has 0 saturated carbocycles. The predicted octanol–water partition coefficient (Wildman–Crippen LogP) is 2.20. The van der Waals surface area contributed by atoms with Gasteiger partial charge in [-0.1, -0.05) is 11.6 Å². The summed E-state index contributed by atoms with van der Waals surface area (Å²) in [6, 6.07) is 0. The summed E-state index contributed by atoms with van der Waals surface area (Å²) in [6.07, 6.45) is 1.48. The van der Waals surface area contributed by atoms with E-state index in [9.17, 15) is 12.8 Å². The van der Waals surface area contributed by atoms with Crippen LogP contribution in [0.15, 0.2) is 22.6 Å². The molecule has 0 aromatic heterocycles. The Morgan fingerprint density at radius 1 is 1.50 bits per heavy atom. The van der Waals surface area contributed by atoms with Crippen LogP contribution in [0.2, 0.25) is 0 Å². The third-order valence-electron chi connectivity index (χ3n) is 1.61. The van der Waals surface area contributed by atoms with E-state index in [-0.39, 0.29) is 29.4 Å². The number of alkyl halides is 1. The molecule has 0 aliphatic heterocycles. The highest BCUT2D eigenvalue weighted by molar-refractivity contribution is 7.90. The van der Waals surface area contributed by atoms with Crippen molar-refractivity contribution in [3.05, 3.63) is 22.6 Å². The van der Waals surface area contributed by atoms with Gasteiger partial charge in [-0.15, -0.1) is 11.6 Å². The van der Waals surface area contributed by atoms with Crippen molar-refractivity contribution < 1.29 is 12.8 Å². The largest absolute Gasteiger partial charge is 0.285 e. The number of sulfonamides is 1. The van der Waals surface area contributed by atoms with Gasteiger partial charge in [0.1, 0.15) is 11.0 Å². The molecule has 80 valence electrons. The second-order valence-electron chi connectivity index (χ2n) is 2.74. The second-order valence-corrected chi connectivity index (χ2v) is 5.46. The van der Waals surface area contributed by atoms with Crippen LogP contribution in [0.3, 0.4) is 0 Å². The monoisotopic (exact) mass is 259 g/mol. The van der Waals surface area contributed by atoms with Gasteiger partial charge in [-0.3, -0.25) is 4.72 Å². The van der Waals surface area contributed by atoms with Crippen molar-refractivity contribution in [1.82, 2.24) is 4.72 Å². The fourth-order valence-electron chi connectivity index (χ4n) is 0.975. The molecule has 3 nitrogen and oxygen atoms in total. The van der Waals surface area contributed by atoms with Crippen molar-refractivity contribution in [2.45, 2.75) is 12.8 Å². The number of allylic oxidation sites excluding steroid dienone is 4. The van der Waals surface area contributed by atoms with Gasteiger partial charge in [0.15, 0.2) is 0 Å². The lowest BCUT2D eigenvalue weighted by atomic mass is 10.1. The van der Waals surface area contributed by atoms with Crippen LogP contribution >= 0.6 is 23.2 Å². The minimum Gasteiger partial charge on any atom is -0.285 e. The van der Waals surface area contributed by atoms with Crippen molar-refractivity contribution in [2.24, 2.45) is 0 Å². The highest BCUT2D eigenvalue weighted by atomic mass is 35.5. The van der Waals surface area contributed by atoms with Crippen molar-refractivity contribution in [3.8, 4) is 0 Å². The Balaban J connectivity index is 2.85. The molecule has 0 fully saturated rings. The quantitative estimate of drug-likeness (QED) is 0.790. The maximum atomic E-state index is 12.7. The lowest BCUT2D eigenvalue weighted by Crippen LogP contribution is -2.25. The molecule has 0 aromatic rings. The van der Waals surface area contributed by atoms with E-state index in [1.54, 1.807) is 0 Å². The molecule has 0 saturated heterocycles. The first-order valence-corrected chi connectivity index (χ1v) is 6.32. The van der Waals surface area contributed by atoms with Gasteiger partial charge in [0, 0.05) is 12.1 Å². The van der Waals surface area contributed by atoms with E-state index in [4.69, 9.17) is 23.2 Å². The predicted molar refractivity (Wildman–Crippen MR) is 54.1 cm³/mol. The molecular formula is C7H8Cl2FNO2S. The SMILES string of the molecule is O=S(=O)(CCl)NC1=C(Cl)C=C(F)CC1. The van der Waals surface area contributed by atoms with Crippen LogP contribution in [-0.2, 0) is 10.0 Å². The molecule has 0 radical (unpaired) electrons. The molecule has 1 aliphatic carbocycles. The molecule has 1 N–H and O–H groups in total. The van der Waals surface area contributed by atoms with Crippen molar-refractivity contribution in [3.63, 3.8) is 0 Å². The van der Waals surface area contributed by atoms with Gasteiger partial charge < -0.3 is 0 Å². The summed E-state index contributed by atoms with van der Waals surface area (Å²) < 4.78 is 36.9. The fourth-order valence-corrected chi connectivity index (χ4v) is 2.10. The Labute approximate surface area is 91.6 Å². The highest BCUT2D eigenvalue weighted by Gasteiger charge is 2.16. The lowest BCUT2D eigenvalue weighted by molar-refractivity contribution is 0.568. The Kier molecular flexibility index (Phi) is 3.80.